The Labute approximate surface area is 76.8 Å². The van der Waals surface area contributed by atoms with E-state index in [1.54, 1.807) is 11.8 Å². The summed E-state index contributed by atoms with van der Waals surface area (Å²) in [5, 5.41) is 0. The molecule has 1 rings (SSSR count). The first-order valence-electron chi connectivity index (χ1n) is 3.48. The molecule has 0 bridgehead atoms. The van der Waals surface area contributed by atoms with Crippen LogP contribution in [0, 0.1) is 0 Å². The molecule has 0 atom stereocenters. The van der Waals surface area contributed by atoms with Crippen LogP contribution in [0.15, 0.2) is 29.2 Å². The second-order valence-corrected chi connectivity index (χ2v) is 4.03. The third kappa shape index (κ3) is 2.80. The lowest BCUT2D eigenvalue weighted by Gasteiger charge is -1.99. The van der Waals surface area contributed by atoms with E-state index >= 15 is 0 Å². The molecular weight excluding hydrogens is 172 g/mol. The number of hydrogen-bond acceptors (Lipinski definition) is 2. The van der Waals surface area contributed by atoms with E-state index in [0.29, 0.717) is 0 Å². The zero-order valence-electron chi connectivity index (χ0n) is 6.83. The van der Waals surface area contributed by atoms with Gasteiger partial charge in [-0.25, -0.2) is 0 Å². The lowest BCUT2D eigenvalue weighted by atomic mass is 10.2. The normalized spacial score (nSPS) is 10.0. The largest absolute Gasteiger partial charge is 0.161 e. The fraction of sp³-hybridized carbons (Fsp3) is 0.333. The minimum atomic E-state index is 1.12. The van der Waals surface area contributed by atoms with Crippen LogP contribution in [0.25, 0.3) is 0 Å². The monoisotopic (exact) mass is 184 g/mol. The SMILES string of the molecule is CSCc1cccc(SC)c1. The molecule has 0 fully saturated rings. The Morgan fingerprint density at radius 1 is 1.27 bits per heavy atom. The molecule has 0 aliphatic carbocycles. The van der Waals surface area contributed by atoms with Crippen molar-refractivity contribution in [2.75, 3.05) is 12.5 Å². The van der Waals surface area contributed by atoms with Crippen LogP contribution >= 0.6 is 23.5 Å². The number of thioether (sulfide) groups is 2. The zero-order valence-corrected chi connectivity index (χ0v) is 8.47. The topological polar surface area (TPSA) is 0 Å². The van der Waals surface area contributed by atoms with Crippen molar-refractivity contribution in [2.45, 2.75) is 10.6 Å². The number of hydrogen-bond donors (Lipinski definition) is 0. The zero-order chi connectivity index (χ0) is 8.10. The van der Waals surface area contributed by atoms with Gasteiger partial charge in [0.2, 0.25) is 0 Å². The van der Waals surface area contributed by atoms with Crippen LogP contribution < -0.4 is 0 Å². The maximum Gasteiger partial charge on any atom is 0.0182 e. The Morgan fingerprint density at radius 2 is 2.09 bits per heavy atom. The average Bonchev–Trinajstić information content (AvgIpc) is 2.06. The van der Waals surface area contributed by atoms with Gasteiger partial charge in [-0.3, -0.25) is 0 Å². The molecule has 2 heteroatoms. The molecule has 0 radical (unpaired) electrons. The third-order valence-corrected chi connectivity index (χ3v) is 2.79. The van der Waals surface area contributed by atoms with Crippen molar-refractivity contribution >= 4 is 23.5 Å². The highest BCUT2D eigenvalue weighted by atomic mass is 32.2. The Hall–Kier alpha value is -0.0800. The summed E-state index contributed by atoms with van der Waals surface area (Å²) in [7, 11) is 0. The van der Waals surface area contributed by atoms with E-state index in [1.807, 2.05) is 11.8 Å². The van der Waals surface area contributed by atoms with Gasteiger partial charge in [0, 0.05) is 10.6 Å². The quantitative estimate of drug-likeness (QED) is 0.661. The Kier molecular flexibility index (Phi) is 3.87. The van der Waals surface area contributed by atoms with Crippen LogP contribution in [0.5, 0.6) is 0 Å². The van der Waals surface area contributed by atoms with Crippen LogP contribution in [-0.2, 0) is 5.75 Å². The minimum absolute atomic E-state index is 1.12. The van der Waals surface area contributed by atoms with Crippen molar-refractivity contribution in [1.29, 1.82) is 0 Å². The van der Waals surface area contributed by atoms with E-state index in [2.05, 4.69) is 36.8 Å². The summed E-state index contributed by atoms with van der Waals surface area (Å²) in [6.07, 6.45) is 4.24. The first kappa shape index (κ1) is 9.01. The van der Waals surface area contributed by atoms with Gasteiger partial charge in [0.25, 0.3) is 0 Å². The van der Waals surface area contributed by atoms with Gasteiger partial charge in [0.1, 0.15) is 0 Å². The maximum atomic E-state index is 2.25. The Morgan fingerprint density at radius 3 is 2.73 bits per heavy atom. The van der Waals surface area contributed by atoms with Crippen molar-refractivity contribution in [3.8, 4) is 0 Å². The van der Waals surface area contributed by atoms with E-state index in [0.717, 1.165) is 5.75 Å². The predicted octanol–water partition coefficient (Wildman–Crippen LogP) is 3.27. The molecule has 11 heavy (non-hydrogen) atoms. The van der Waals surface area contributed by atoms with E-state index in [1.165, 1.54) is 10.5 Å². The second kappa shape index (κ2) is 4.73. The standard InChI is InChI=1S/C9H12S2/c1-10-7-8-4-3-5-9(6-8)11-2/h3-6H,7H2,1-2H3. The Balaban J connectivity index is 2.74. The molecule has 0 amide bonds. The summed E-state index contributed by atoms with van der Waals surface area (Å²) < 4.78 is 0. The minimum Gasteiger partial charge on any atom is -0.161 e. The van der Waals surface area contributed by atoms with Gasteiger partial charge in [-0.15, -0.1) is 11.8 Å². The summed E-state index contributed by atoms with van der Waals surface area (Å²) in [4.78, 5) is 1.36. The second-order valence-electron chi connectivity index (χ2n) is 2.28. The van der Waals surface area contributed by atoms with Crippen molar-refractivity contribution < 1.29 is 0 Å². The maximum absolute atomic E-state index is 2.25. The van der Waals surface area contributed by atoms with Gasteiger partial charge < -0.3 is 0 Å². The molecule has 0 unspecified atom stereocenters. The molecule has 0 aliphatic rings. The van der Waals surface area contributed by atoms with Crippen LogP contribution in [0.2, 0.25) is 0 Å². The lowest BCUT2D eigenvalue weighted by molar-refractivity contribution is 1.34. The molecular formula is C9H12S2. The average molecular weight is 184 g/mol. The van der Waals surface area contributed by atoms with Crippen molar-refractivity contribution in [3.05, 3.63) is 29.8 Å². The Bertz CT molecular complexity index is 221. The van der Waals surface area contributed by atoms with Gasteiger partial charge in [-0.2, -0.15) is 11.8 Å². The predicted molar refractivity (Wildman–Crippen MR) is 55.4 cm³/mol. The van der Waals surface area contributed by atoms with Gasteiger partial charge >= 0.3 is 0 Å². The summed E-state index contributed by atoms with van der Waals surface area (Å²) in [6, 6.07) is 8.70. The smallest absolute Gasteiger partial charge is 0.0182 e. The van der Waals surface area contributed by atoms with Crippen molar-refractivity contribution in [3.63, 3.8) is 0 Å². The highest BCUT2D eigenvalue weighted by Gasteiger charge is 1.92. The third-order valence-electron chi connectivity index (χ3n) is 1.45. The molecule has 1 aromatic carbocycles. The van der Waals surface area contributed by atoms with Crippen LogP contribution in [0.4, 0.5) is 0 Å². The van der Waals surface area contributed by atoms with Gasteiger partial charge in [-0.1, -0.05) is 12.1 Å². The summed E-state index contributed by atoms with van der Waals surface area (Å²) in [6.45, 7) is 0. The molecule has 0 N–H and O–H groups in total. The molecule has 60 valence electrons. The molecule has 0 spiro atoms. The molecule has 0 aliphatic heterocycles. The molecule has 0 aromatic heterocycles. The van der Waals surface area contributed by atoms with Crippen molar-refractivity contribution in [2.24, 2.45) is 0 Å². The summed E-state index contributed by atoms with van der Waals surface area (Å²) in [5.74, 6) is 1.12. The van der Waals surface area contributed by atoms with Crippen molar-refractivity contribution in [1.82, 2.24) is 0 Å². The number of rotatable bonds is 3. The fourth-order valence-corrected chi connectivity index (χ4v) is 1.93. The lowest BCUT2D eigenvalue weighted by Crippen LogP contribution is -1.79. The van der Waals surface area contributed by atoms with Gasteiger partial charge in [0.15, 0.2) is 0 Å². The highest BCUT2D eigenvalue weighted by molar-refractivity contribution is 7.98. The fourth-order valence-electron chi connectivity index (χ4n) is 0.929. The van der Waals surface area contributed by atoms with E-state index < -0.39 is 0 Å². The van der Waals surface area contributed by atoms with Crippen LogP contribution in [0.3, 0.4) is 0 Å². The highest BCUT2D eigenvalue weighted by Crippen LogP contribution is 2.18. The molecule has 0 heterocycles. The summed E-state index contributed by atoms with van der Waals surface area (Å²) in [5.41, 5.74) is 1.42. The molecule has 1 aromatic rings. The first-order chi connectivity index (χ1) is 5.36. The summed E-state index contributed by atoms with van der Waals surface area (Å²) >= 11 is 3.66. The molecule has 0 saturated heterocycles. The van der Waals surface area contributed by atoms with E-state index in [9.17, 15) is 0 Å². The van der Waals surface area contributed by atoms with Crippen LogP contribution in [-0.4, -0.2) is 12.5 Å². The van der Waals surface area contributed by atoms with Gasteiger partial charge in [0.05, 0.1) is 0 Å². The molecule has 0 saturated carbocycles. The van der Waals surface area contributed by atoms with E-state index in [-0.39, 0.29) is 0 Å². The first-order valence-corrected chi connectivity index (χ1v) is 6.10. The number of benzene rings is 1. The van der Waals surface area contributed by atoms with Crippen LogP contribution in [0.1, 0.15) is 5.56 Å². The molecule has 0 nitrogen and oxygen atoms in total. The van der Waals surface area contributed by atoms with E-state index in [4.69, 9.17) is 0 Å². The van der Waals surface area contributed by atoms with Gasteiger partial charge in [-0.05, 0) is 30.2 Å².